The minimum absolute atomic E-state index is 0.00260. The maximum absolute atomic E-state index is 11.8. The van der Waals surface area contributed by atoms with Crippen molar-refractivity contribution >= 4 is 0 Å². The van der Waals surface area contributed by atoms with Crippen LogP contribution >= 0.6 is 0 Å². The molecule has 0 unspecified atom stereocenters. The van der Waals surface area contributed by atoms with Crippen molar-refractivity contribution in [3.8, 4) is 5.75 Å². The Morgan fingerprint density at radius 2 is 1.28 bits per heavy atom. The molecule has 0 bridgehead atoms. The van der Waals surface area contributed by atoms with Gasteiger partial charge in [-0.2, -0.15) is 13.2 Å². The SMILES string of the molecule is CCC.Cc1ccc(OCCCC(F)(F)F)cc1.Cc1ccccc1. The molecule has 0 amide bonds. The fraction of sp³-hybridized carbons (Fsp3) is 0.429. The molecule has 2 aromatic carbocycles. The van der Waals surface area contributed by atoms with E-state index in [1.165, 1.54) is 12.0 Å². The first-order valence-corrected chi connectivity index (χ1v) is 8.56. The van der Waals surface area contributed by atoms with Gasteiger partial charge in [-0.25, -0.2) is 0 Å². The summed E-state index contributed by atoms with van der Waals surface area (Å²) in [5.41, 5.74) is 2.42. The number of hydrogen-bond donors (Lipinski definition) is 0. The molecule has 2 rings (SSSR count). The number of aryl methyl sites for hydroxylation is 2. The van der Waals surface area contributed by atoms with E-state index in [1.54, 1.807) is 12.1 Å². The Hall–Kier alpha value is -1.97. The maximum atomic E-state index is 11.8. The van der Waals surface area contributed by atoms with Crippen LogP contribution in [-0.4, -0.2) is 12.8 Å². The second kappa shape index (κ2) is 13.3. The normalized spacial score (nSPS) is 10.0. The van der Waals surface area contributed by atoms with Crippen molar-refractivity contribution in [1.82, 2.24) is 0 Å². The molecule has 0 heterocycles. The molecule has 0 N–H and O–H groups in total. The zero-order valence-corrected chi connectivity index (χ0v) is 15.6. The summed E-state index contributed by atoms with van der Waals surface area (Å²) < 4.78 is 40.5. The van der Waals surface area contributed by atoms with Crippen molar-refractivity contribution in [1.29, 1.82) is 0 Å². The van der Waals surface area contributed by atoms with Crippen LogP contribution < -0.4 is 4.74 Å². The number of ether oxygens (including phenoxy) is 1. The molecule has 0 aliphatic heterocycles. The van der Waals surface area contributed by atoms with Gasteiger partial charge in [-0.15, -0.1) is 0 Å². The van der Waals surface area contributed by atoms with Crippen molar-refractivity contribution < 1.29 is 17.9 Å². The molecule has 0 aliphatic rings. The van der Waals surface area contributed by atoms with Crippen LogP contribution in [0.3, 0.4) is 0 Å². The number of rotatable bonds is 4. The zero-order valence-electron chi connectivity index (χ0n) is 15.6. The van der Waals surface area contributed by atoms with Crippen molar-refractivity contribution in [2.45, 2.75) is 53.1 Å². The molecule has 0 aliphatic carbocycles. The van der Waals surface area contributed by atoms with E-state index in [0.717, 1.165) is 5.56 Å². The van der Waals surface area contributed by atoms with E-state index in [2.05, 4.69) is 32.9 Å². The second-order valence-electron chi connectivity index (χ2n) is 5.74. The van der Waals surface area contributed by atoms with Crippen LogP contribution in [-0.2, 0) is 0 Å². The third kappa shape index (κ3) is 15.3. The highest BCUT2D eigenvalue weighted by Gasteiger charge is 2.25. The topological polar surface area (TPSA) is 9.23 Å². The molecule has 2 aromatic rings. The lowest BCUT2D eigenvalue weighted by molar-refractivity contribution is -0.136. The predicted octanol–water partition coefficient (Wildman–Crippen LogP) is 7.13. The van der Waals surface area contributed by atoms with Crippen LogP contribution in [0.2, 0.25) is 0 Å². The van der Waals surface area contributed by atoms with Gasteiger partial charge < -0.3 is 4.74 Å². The number of alkyl halides is 3. The standard InChI is InChI=1S/C11H13F3O.C7H8.C3H8/c1-9-3-5-10(6-4-9)15-8-2-7-11(12,13)14;1-7-5-3-2-4-6-7;1-3-2/h3-6H,2,7-8H2,1H3;2-6H,1H3;3H2,1-2H3. The predicted molar refractivity (Wildman–Crippen MR) is 99.1 cm³/mol. The van der Waals surface area contributed by atoms with E-state index < -0.39 is 12.6 Å². The molecule has 0 aromatic heterocycles. The Morgan fingerprint density at radius 3 is 1.68 bits per heavy atom. The third-order valence-corrected chi connectivity index (χ3v) is 2.83. The minimum Gasteiger partial charge on any atom is -0.494 e. The Balaban J connectivity index is 0.000000475. The highest BCUT2D eigenvalue weighted by atomic mass is 19.4. The van der Waals surface area contributed by atoms with Gasteiger partial charge in [0.15, 0.2) is 0 Å². The maximum Gasteiger partial charge on any atom is 0.389 e. The van der Waals surface area contributed by atoms with Gasteiger partial charge in [0, 0.05) is 6.42 Å². The summed E-state index contributed by atoms with van der Waals surface area (Å²) in [5, 5.41) is 0. The van der Waals surface area contributed by atoms with Gasteiger partial charge in [-0.1, -0.05) is 73.9 Å². The summed E-state index contributed by atoms with van der Waals surface area (Å²) in [6, 6.07) is 17.5. The van der Waals surface area contributed by atoms with Crippen LogP contribution in [0.4, 0.5) is 13.2 Å². The fourth-order valence-corrected chi connectivity index (χ4v) is 1.63. The van der Waals surface area contributed by atoms with Crippen LogP contribution in [0.25, 0.3) is 0 Å². The molecule has 1 nitrogen and oxygen atoms in total. The fourth-order valence-electron chi connectivity index (χ4n) is 1.63. The summed E-state index contributed by atoms with van der Waals surface area (Å²) >= 11 is 0. The number of halogens is 3. The molecular formula is C21H29F3O. The molecule has 0 fully saturated rings. The van der Waals surface area contributed by atoms with Gasteiger partial charge in [0.25, 0.3) is 0 Å². The quantitative estimate of drug-likeness (QED) is 0.531. The van der Waals surface area contributed by atoms with Crippen molar-refractivity contribution in [3.63, 3.8) is 0 Å². The van der Waals surface area contributed by atoms with Crippen molar-refractivity contribution in [3.05, 3.63) is 65.7 Å². The largest absolute Gasteiger partial charge is 0.494 e. The first-order chi connectivity index (χ1) is 11.8. The first kappa shape index (κ1) is 23.0. The van der Waals surface area contributed by atoms with Gasteiger partial charge >= 0.3 is 6.18 Å². The van der Waals surface area contributed by atoms with E-state index in [4.69, 9.17) is 4.74 Å². The highest BCUT2D eigenvalue weighted by Crippen LogP contribution is 2.21. The van der Waals surface area contributed by atoms with Gasteiger partial charge in [-0.05, 0) is 32.4 Å². The van der Waals surface area contributed by atoms with E-state index in [1.807, 2.05) is 37.3 Å². The number of hydrogen-bond acceptors (Lipinski definition) is 1. The van der Waals surface area contributed by atoms with Crippen molar-refractivity contribution in [2.75, 3.05) is 6.61 Å². The Kier molecular flexibility index (Phi) is 12.3. The second-order valence-corrected chi connectivity index (χ2v) is 5.74. The van der Waals surface area contributed by atoms with Gasteiger partial charge in [0.05, 0.1) is 6.61 Å². The van der Waals surface area contributed by atoms with Crippen LogP contribution in [0.5, 0.6) is 5.75 Å². The molecule has 0 atom stereocenters. The Labute approximate surface area is 149 Å². The van der Waals surface area contributed by atoms with Crippen LogP contribution in [0.15, 0.2) is 54.6 Å². The zero-order chi connectivity index (χ0) is 19.1. The molecule has 140 valence electrons. The molecule has 25 heavy (non-hydrogen) atoms. The molecule has 0 saturated carbocycles. The van der Waals surface area contributed by atoms with Gasteiger partial charge in [-0.3, -0.25) is 0 Å². The Bertz CT molecular complexity index is 533. The summed E-state index contributed by atoms with van der Waals surface area (Å²) in [7, 11) is 0. The van der Waals surface area contributed by atoms with E-state index >= 15 is 0 Å². The summed E-state index contributed by atoms with van der Waals surface area (Å²) in [6.45, 7) is 8.37. The number of benzene rings is 2. The average molecular weight is 354 g/mol. The lowest BCUT2D eigenvalue weighted by atomic mass is 10.2. The molecule has 0 saturated heterocycles. The lowest BCUT2D eigenvalue weighted by Gasteiger charge is -2.08. The molecule has 4 heteroatoms. The van der Waals surface area contributed by atoms with Crippen LogP contribution in [0, 0.1) is 13.8 Å². The minimum atomic E-state index is -4.09. The average Bonchev–Trinajstić information content (AvgIpc) is 2.54. The monoisotopic (exact) mass is 354 g/mol. The lowest BCUT2D eigenvalue weighted by Crippen LogP contribution is -2.09. The third-order valence-electron chi connectivity index (χ3n) is 2.83. The van der Waals surface area contributed by atoms with Gasteiger partial charge in [0.1, 0.15) is 5.75 Å². The smallest absolute Gasteiger partial charge is 0.389 e. The van der Waals surface area contributed by atoms with E-state index in [0.29, 0.717) is 5.75 Å². The summed E-state index contributed by atoms with van der Waals surface area (Å²) in [5.74, 6) is 0.614. The first-order valence-electron chi connectivity index (χ1n) is 8.56. The molecule has 0 spiro atoms. The van der Waals surface area contributed by atoms with E-state index in [-0.39, 0.29) is 13.0 Å². The van der Waals surface area contributed by atoms with E-state index in [9.17, 15) is 13.2 Å². The van der Waals surface area contributed by atoms with Crippen molar-refractivity contribution in [2.24, 2.45) is 0 Å². The molecular weight excluding hydrogens is 325 g/mol. The Morgan fingerprint density at radius 1 is 0.800 bits per heavy atom. The van der Waals surface area contributed by atoms with Crippen LogP contribution in [0.1, 0.15) is 44.2 Å². The summed E-state index contributed by atoms with van der Waals surface area (Å²) in [4.78, 5) is 0. The molecule has 0 radical (unpaired) electrons. The summed E-state index contributed by atoms with van der Waals surface area (Å²) in [6.07, 6.45) is -3.63. The van der Waals surface area contributed by atoms with Gasteiger partial charge in [0.2, 0.25) is 0 Å². The highest BCUT2D eigenvalue weighted by molar-refractivity contribution is 5.26.